The summed E-state index contributed by atoms with van der Waals surface area (Å²) in [4.78, 5) is 19.9. The molecular formula is C23H16N2O. The predicted molar refractivity (Wildman–Crippen MR) is 107 cm³/mol. The molecule has 2 aromatic carbocycles. The van der Waals surface area contributed by atoms with E-state index in [-0.39, 0.29) is 5.78 Å². The fourth-order valence-corrected chi connectivity index (χ4v) is 3.31. The highest BCUT2D eigenvalue weighted by Crippen LogP contribution is 2.29. The van der Waals surface area contributed by atoms with E-state index in [0.717, 1.165) is 32.9 Å². The molecule has 26 heavy (non-hydrogen) atoms. The predicted octanol–water partition coefficient (Wildman–Crippen LogP) is 5.48. The lowest BCUT2D eigenvalue weighted by molar-refractivity contribution is 0.103. The molecule has 2 heterocycles. The number of carbonyl (C=O) groups is 1. The average molecular weight is 336 g/mol. The topological polar surface area (TPSA) is 48.6 Å². The normalized spacial score (nSPS) is 10.5. The second-order valence-electron chi connectivity index (χ2n) is 5.94. The van der Waals surface area contributed by atoms with Crippen molar-refractivity contribution in [2.75, 3.05) is 0 Å². The molecule has 0 bridgehead atoms. The third-order valence-corrected chi connectivity index (χ3v) is 4.44. The van der Waals surface area contributed by atoms with Gasteiger partial charge in [-0.1, -0.05) is 49.6 Å². The Morgan fingerprint density at radius 1 is 0.769 bits per heavy atom. The number of ketones is 1. The van der Waals surface area contributed by atoms with Crippen molar-refractivity contribution in [3.8, 4) is 0 Å². The van der Waals surface area contributed by atoms with Gasteiger partial charge in [-0.2, -0.15) is 0 Å². The molecule has 4 rings (SSSR count). The quantitative estimate of drug-likeness (QED) is 0.376. The SMILES string of the molecule is C=C=Cc1c(C(=O)c2[nH]c3ccccc3c2C=C=C)[nH]c2ccccc12. The molecule has 2 aromatic heterocycles. The van der Waals surface area contributed by atoms with E-state index >= 15 is 0 Å². The Bertz CT molecular complexity index is 1160. The van der Waals surface area contributed by atoms with Crippen molar-refractivity contribution in [2.45, 2.75) is 0 Å². The van der Waals surface area contributed by atoms with Crippen LogP contribution in [-0.4, -0.2) is 15.8 Å². The van der Waals surface area contributed by atoms with Crippen molar-refractivity contribution in [3.63, 3.8) is 0 Å². The van der Waals surface area contributed by atoms with Crippen molar-refractivity contribution in [2.24, 2.45) is 0 Å². The van der Waals surface area contributed by atoms with Gasteiger partial charge in [0.05, 0.1) is 11.4 Å². The first-order chi connectivity index (χ1) is 12.7. The van der Waals surface area contributed by atoms with Crippen molar-refractivity contribution >= 4 is 39.7 Å². The minimum Gasteiger partial charge on any atom is -0.351 e. The molecule has 0 amide bonds. The zero-order valence-electron chi connectivity index (χ0n) is 14.1. The van der Waals surface area contributed by atoms with Gasteiger partial charge in [0.1, 0.15) is 0 Å². The molecule has 0 atom stereocenters. The molecule has 0 spiro atoms. The smallest absolute Gasteiger partial charge is 0.226 e. The molecule has 0 unspecified atom stereocenters. The Morgan fingerprint density at radius 3 is 1.62 bits per heavy atom. The number of fused-ring (bicyclic) bond motifs is 2. The number of hydrogen-bond donors (Lipinski definition) is 2. The lowest BCUT2D eigenvalue weighted by Crippen LogP contribution is -2.05. The number of nitrogens with one attached hydrogen (secondary N) is 2. The van der Waals surface area contributed by atoms with Crippen LogP contribution in [0.5, 0.6) is 0 Å². The molecule has 0 aliphatic carbocycles. The monoisotopic (exact) mass is 336 g/mol. The number of carbonyl (C=O) groups excluding carboxylic acids is 1. The highest BCUT2D eigenvalue weighted by Gasteiger charge is 2.22. The fourth-order valence-electron chi connectivity index (χ4n) is 3.31. The van der Waals surface area contributed by atoms with Crippen molar-refractivity contribution in [1.82, 2.24) is 9.97 Å². The molecule has 0 saturated carbocycles. The largest absolute Gasteiger partial charge is 0.351 e. The van der Waals surface area contributed by atoms with Crippen LogP contribution in [-0.2, 0) is 0 Å². The van der Waals surface area contributed by atoms with Crippen LogP contribution < -0.4 is 0 Å². The van der Waals surface area contributed by atoms with Gasteiger partial charge in [-0.25, -0.2) is 0 Å². The maximum absolute atomic E-state index is 13.4. The Labute approximate surface area is 150 Å². The van der Waals surface area contributed by atoms with E-state index in [1.54, 1.807) is 12.2 Å². The molecule has 124 valence electrons. The molecule has 0 aliphatic rings. The van der Waals surface area contributed by atoms with Gasteiger partial charge in [0.2, 0.25) is 5.78 Å². The van der Waals surface area contributed by atoms with E-state index in [9.17, 15) is 4.79 Å². The number of benzene rings is 2. The van der Waals surface area contributed by atoms with Crippen LogP contribution in [0.3, 0.4) is 0 Å². The van der Waals surface area contributed by atoms with Crippen LogP contribution in [0.15, 0.2) is 73.2 Å². The second-order valence-corrected chi connectivity index (χ2v) is 5.94. The van der Waals surface area contributed by atoms with Gasteiger partial charge in [-0.05, 0) is 24.3 Å². The molecule has 3 nitrogen and oxygen atoms in total. The maximum atomic E-state index is 13.4. The summed E-state index contributed by atoms with van der Waals surface area (Å²) >= 11 is 0. The number of H-pyrrole nitrogens is 2. The Balaban J connectivity index is 2.00. The van der Waals surface area contributed by atoms with Gasteiger partial charge in [-0.3, -0.25) is 4.79 Å². The first-order valence-corrected chi connectivity index (χ1v) is 8.22. The van der Waals surface area contributed by atoms with E-state index in [4.69, 9.17) is 0 Å². The summed E-state index contributed by atoms with van der Waals surface area (Å²) in [6.45, 7) is 7.32. The lowest BCUT2D eigenvalue weighted by atomic mass is 10.0. The molecule has 0 saturated heterocycles. The van der Waals surface area contributed by atoms with Crippen molar-refractivity contribution < 1.29 is 4.79 Å². The summed E-state index contributed by atoms with van der Waals surface area (Å²) in [6, 6.07) is 15.6. The number of rotatable bonds is 4. The van der Waals surface area contributed by atoms with Gasteiger partial charge in [0.25, 0.3) is 0 Å². The molecule has 4 aromatic rings. The summed E-state index contributed by atoms with van der Waals surface area (Å²) in [5.74, 6) is -0.125. The van der Waals surface area contributed by atoms with Gasteiger partial charge < -0.3 is 9.97 Å². The van der Waals surface area contributed by atoms with Crippen LogP contribution in [0, 0.1) is 0 Å². The standard InChI is InChI=1S/C23H16N2O/c1-3-9-17-15-11-5-7-13-19(15)24-21(17)23(26)22-18(10-4-2)16-12-6-8-14-20(16)25-22/h5-14,24-25H,1-2H2. The average Bonchev–Trinajstić information content (AvgIpc) is 3.21. The number of hydrogen-bond acceptors (Lipinski definition) is 1. The van der Waals surface area contributed by atoms with Gasteiger partial charge in [-0.15, -0.1) is 11.5 Å². The summed E-state index contributed by atoms with van der Waals surface area (Å²) in [5.41, 5.74) is 9.95. The number of para-hydroxylation sites is 2. The Hall–Kier alpha value is -3.77. The van der Waals surface area contributed by atoms with Gasteiger partial charge in [0.15, 0.2) is 0 Å². The summed E-state index contributed by atoms with van der Waals surface area (Å²) in [7, 11) is 0. The van der Waals surface area contributed by atoms with Gasteiger partial charge in [0, 0.05) is 32.9 Å². The third-order valence-electron chi connectivity index (χ3n) is 4.44. The molecule has 3 heteroatoms. The van der Waals surface area contributed by atoms with Gasteiger partial charge >= 0.3 is 0 Å². The molecular weight excluding hydrogens is 320 g/mol. The highest BCUT2D eigenvalue weighted by atomic mass is 16.1. The summed E-state index contributed by atoms with van der Waals surface area (Å²) in [5, 5.41) is 1.92. The zero-order chi connectivity index (χ0) is 18.1. The van der Waals surface area contributed by atoms with Crippen molar-refractivity contribution in [1.29, 1.82) is 0 Å². The second kappa shape index (κ2) is 6.27. The van der Waals surface area contributed by atoms with Crippen LogP contribution in [0.1, 0.15) is 27.3 Å². The van der Waals surface area contributed by atoms with E-state index in [1.165, 1.54) is 0 Å². The van der Waals surface area contributed by atoms with Crippen LogP contribution in [0.2, 0.25) is 0 Å². The van der Waals surface area contributed by atoms with E-state index < -0.39 is 0 Å². The van der Waals surface area contributed by atoms with E-state index in [1.807, 2.05) is 48.5 Å². The molecule has 0 aliphatic heterocycles. The van der Waals surface area contributed by atoms with E-state index in [2.05, 4.69) is 34.6 Å². The first-order valence-electron chi connectivity index (χ1n) is 8.22. The first kappa shape index (κ1) is 15.7. The van der Waals surface area contributed by atoms with Crippen LogP contribution >= 0.6 is 0 Å². The molecule has 0 fully saturated rings. The Kier molecular flexibility index (Phi) is 3.79. The third kappa shape index (κ3) is 2.37. The fraction of sp³-hybridized carbons (Fsp3) is 0. The van der Waals surface area contributed by atoms with Crippen molar-refractivity contribution in [3.05, 3.63) is 95.7 Å². The van der Waals surface area contributed by atoms with Crippen LogP contribution in [0.4, 0.5) is 0 Å². The maximum Gasteiger partial charge on any atom is 0.226 e. The minimum atomic E-state index is -0.125. The Morgan fingerprint density at radius 2 is 1.19 bits per heavy atom. The highest BCUT2D eigenvalue weighted by molar-refractivity contribution is 6.17. The summed E-state index contributed by atoms with van der Waals surface area (Å²) in [6.07, 6.45) is 3.47. The summed E-state index contributed by atoms with van der Waals surface area (Å²) < 4.78 is 0. The minimum absolute atomic E-state index is 0.125. The van der Waals surface area contributed by atoms with E-state index in [0.29, 0.717) is 11.4 Å². The number of aromatic amines is 2. The molecule has 0 radical (unpaired) electrons. The van der Waals surface area contributed by atoms with Crippen LogP contribution in [0.25, 0.3) is 34.0 Å². The zero-order valence-corrected chi connectivity index (χ0v) is 14.1. The lowest BCUT2D eigenvalue weighted by Gasteiger charge is -2.00. The number of aromatic nitrogens is 2. The molecule has 2 N–H and O–H groups in total.